The molecular weight excluding hydrogens is 127 g/mol. The lowest BCUT2D eigenvalue weighted by Gasteiger charge is -2.19. The highest BCUT2D eigenvalue weighted by atomic mass is 16.5. The van der Waals surface area contributed by atoms with Crippen molar-refractivity contribution in [3.8, 4) is 0 Å². The molecule has 1 aliphatic carbocycles. The van der Waals surface area contributed by atoms with Gasteiger partial charge in [-0.1, -0.05) is 12.8 Å². The maximum Gasteiger partial charge on any atom is 0.302 e. The van der Waals surface area contributed by atoms with Crippen molar-refractivity contribution in [2.24, 2.45) is 0 Å². The number of hydrogen-bond donors (Lipinski definition) is 0. The summed E-state index contributed by atoms with van der Waals surface area (Å²) in [4.78, 5) is 11.0. The molecule has 1 fully saturated rings. The number of esters is 1. The first-order valence-electron chi connectivity index (χ1n) is 3.56. The molecule has 0 saturated heterocycles. The molecule has 0 unspecified atom stereocenters. The number of carbonyl (C=O) groups excluding carboxylic acids is 1. The Hall–Kier alpha value is -0.465. The van der Waals surface area contributed by atoms with Gasteiger partial charge in [0.15, 0.2) is 0 Å². The van der Waals surface area contributed by atoms with Gasteiger partial charge >= 0.3 is 5.97 Å². The number of methoxy groups -OCH3 is 1. The van der Waals surface area contributed by atoms with E-state index < -0.39 is 5.31 Å². The lowest BCUT2D eigenvalue weighted by atomic mass is 9.67. The van der Waals surface area contributed by atoms with Crippen LogP contribution in [0.4, 0.5) is 0 Å². The molecule has 0 aliphatic heterocycles. The van der Waals surface area contributed by atoms with Crippen molar-refractivity contribution >= 4 is 13.8 Å². The van der Waals surface area contributed by atoms with Gasteiger partial charge < -0.3 is 4.74 Å². The minimum Gasteiger partial charge on any atom is -0.469 e. The zero-order chi connectivity index (χ0) is 7.61. The lowest BCUT2D eigenvalue weighted by molar-refractivity contribution is -0.144. The maximum absolute atomic E-state index is 11.0. The molecule has 54 valence electrons. The Morgan fingerprint density at radius 3 is 2.40 bits per heavy atom. The van der Waals surface area contributed by atoms with Crippen LogP contribution in [-0.2, 0) is 9.53 Å². The van der Waals surface area contributed by atoms with Crippen LogP contribution in [0.1, 0.15) is 25.7 Å². The van der Waals surface area contributed by atoms with Crippen LogP contribution in [0.5, 0.6) is 0 Å². The van der Waals surface area contributed by atoms with E-state index in [2.05, 4.69) is 4.74 Å². The summed E-state index contributed by atoms with van der Waals surface area (Å²) >= 11 is 0. The van der Waals surface area contributed by atoms with E-state index in [4.69, 9.17) is 7.85 Å². The summed E-state index contributed by atoms with van der Waals surface area (Å²) in [6, 6.07) is 0. The number of ether oxygens (including phenoxy) is 1. The van der Waals surface area contributed by atoms with Gasteiger partial charge in [0.25, 0.3) is 0 Å². The molecule has 0 spiro atoms. The molecule has 1 rings (SSSR count). The van der Waals surface area contributed by atoms with E-state index in [1.165, 1.54) is 7.11 Å². The monoisotopic (exact) mass is 138 g/mol. The fourth-order valence-electron chi connectivity index (χ4n) is 1.41. The Bertz CT molecular complexity index is 139. The molecule has 0 aromatic heterocycles. The summed E-state index contributed by atoms with van der Waals surface area (Å²) in [7, 11) is 7.12. The van der Waals surface area contributed by atoms with Crippen LogP contribution in [-0.4, -0.2) is 20.9 Å². The van der Waals surface area contributed by atoms with Gasteiger partial charge in [0.2, 0.25) is 0 Å². The molecule has 10 heavy (non-hydrogen) atoms. The Kier molecular flexibility index (Phi) is 2.02. The molecule has 1 saturated carbocycles. The molecule has 0 amide bonds. The highest BCUT2D eigenvalue weighted by Gasteiger charge is 2.36. The fraction of sp³-hybridized carbons (Fsp3) is 0.857. The maximum atomic E-state index is 11.0. The molecule has 1 aliphatic rings. The van der Waals surface area contributed by atoms with Gasteiger partial charge in [-0.3, -0.25) is 4.79 Å². The highest BCUT2D eigenvalue weighted by molar-refractivity contribution is 6.27. The van der Waals surface area contributed by atoms with Crippen LogP contribution in [0.3, 0.4) is 0 Å². The average molecular weight is 138 g/mol. The van der Waals surface area contributed by atoms with E-state index in [1.54, 1.807) is 0 Å². The summed E-state index contributed by atoms with van der Waals surface area (Å²) in [5.41, 5.74) is 0. The Balaban J connectivity index is 2.58. The third kappa shape index (κ3) is 1.18. The smallest absolute Gasteiger partial charge is 0.302 e. The van der Waals surface area contributed by atoms with Crippen LogP contribution < -0.4 is 0 Å². The van der Waals surface area contributed by atoms with Crippen molar-refractivity contribution in [2.75, 3.05) is 7.11 Å². The van der Waals surface area contributed by atoms with Crippen molar-refractivity contribution in [2.45, 2.75) is 31.0 Å². The van der Waals surface area contributed by atoms with Gasteiger partial charge in [-0.15, -0.1) is 0 Å². The first kappa shape index (κ1) is 7.64. The van der Waals surface area contributed by atoms with E-state index in [0.717, 1.165) is 25.7 Å². The quantitative estimate of drug-likeness (QED) is 0.400. The van der Waals surface area contributed by atoms with Crippen molar-refractivity contribution in [3.05, 3.63) is 0 Å². The summed E-state index contributed by atoms with van der Waals surface area (Å²) in [6.45, 7) is 0. The summed E-state index contributed by atoms with van der Waals surface area (Å²) < 4.78 is 4.57. The predicted molar refractivity (Wildman–Crippen MR) is 38.9 cm³/mol. The Morgan fingerprint density at radius 1 is 1.50 bits per heavy atom. The fourth-order valence-corrected chi connectivity index (χ4v) is 1.41. The Morgan fingerprint density at radius 2 is 2.00 bits per heavy atom. The zero-order valence-electron chi connectivity index (χ0n) is 6.22. The van der Waals surface area contributed by atoms with E-state index in [0.29, 0.717) is 0 Å². The average Bonchev–Trinajstić information content (AvgIpc) is 2.36. The van der Waals surface area contributed by atoms with Crippen LogP contribution in [0.25, 0.3) is 0 Å². The zero-order valence-corrected chi connectivity index (χ0v) is 6.22. The third-order valence-corrected chi connectivity index (χ3v) is 2.09. The number of rotatable bonds is 1. The normalized spacial score (nSPS) is 22.5. The lowest BCUT2D eigenvalue weighted by Crippen LogP contribution is -2.22. The molecule has 2 radical (unpaired) electrons. The first-order valence-corrected chi connectivity index (χ1v) is 3.56. The van der Waals surface area contributed by atoms with Gasteiger partial charge in [-0.2, -0.15) is 0 Å². The minimum atomic E-state index is -0.658. The second-order valence-electron chi connectivity index (χ2n) is 2.85. The molecule has 2 nitrogen and oxygen atoms in total. The van der Waals surface area contributed by atoms with E-state index in [9.17, 15) is 4.79 Å². The van der Waals surface area contributed by atoms with Crippen molar-refractivity contribution < 1.29 is 9.53 Å². The van der Waals surface area contributed by atoms with E-state index in [1.807, 2.05) is 0 Å². The van der Waals surface area contributed by atoms with Crippen molar-refractivity contribution in [1.82, 2.24) is 0 Å². The molecule has 3 heteroatoms. The van der Waals surface area contributed by atoms with Crippen molar-refractivity contribution in [3.63, 3.8) is 0 Å². The summed E-state index contributed by atoms with van der Waals surface area (Å²) in [5.74, 6) is -0.259. The Labute approximate surface area is 62.3 Å². The molecule has 0 atom stereocenters. The standard InChI is InChI=1S/C7H11BO2/c1-10-6(9)7(8)4-2-3-5-7/h2-5H2,1H3. The van der Waals surface area contributed by atoms with E-state index >= 15 is 0 Å². The molecule has 0 bridgehead atoms. The number of hydrogen-bond acceptors (Lipinski definition) is 2. The van der Waals surface area contributed by atoms with Crippen molar-refractivity contribution in [1.29, 1.82) is 0 Å². The predicted octanol–water partition coefficient (Wildman–Crippen LogP) is 1.06. The molecule has 0 aromatic rings. The van der Waals surface area contributed by atoms with Crippen LogP contribution in [0, 0.1) is 0 Å². The van der Waals surface area contributed by atoms with Gasteiger partial charge in [0, 0.05) is 5.31 Å². The molecular formula is C7H11BO2. The topological polar surface area (TPSA) is 26.3 Å². The van der Waals surface area contributed by atoms with Crippen LogP contribution >= 0.6 is 0 Å². The molecule has 0 aromatic carbocycles. The van der Waals surface area contributed by atoms with Crippen LogP contribution in [0.2, 0.25) is 5.31 Å². The third-order valence-electron chi connectivity index (χ3n) is 2.09. The molecule has 0 heterocycles. The molecule has 0 N–H and O–H groups in total. The summed E-state index contributed by atoms with van der Waals surface area (Å²) in [6.07, 6.45) is 3.65. The highest BCUT2D eigenvalue weighted by Crippen LogP contribution is 2.42. The second-order valence-corrected chi connectivity index (χ2v) is 2.85. The summed E-state index contributed by atoms with van der Waals surface area (Å²) in [5, 5.41) is -0.658. The van der Waals surface area contributed by atoms with Gasteiger partial charge in [0.1, 0.15) is 0 Å². The van der Waals surface area contributed by atoms with Crippen LogP contribution in [0.15, 0.2) is 0 Å². The van der Waals surface area contributed by atoms with Gasteiger partial charge in [0.05, 0.1) is 15.0 Å². The first-order chi connectivity index (χ1) is 4.69. The van der Waals surface area contributed by atoms with E-state index in [-0.39, 0.29) is 5.97 Å². The van der Waals surface area contributed by atoms with Gasteiger partial charge in [-0.05, 0) is 12.8 Å². The largest absolute Gasteiger partial charge is 0.469 e. The van der Waals surface area contributed by atoms with Gasteiger partial charge in [-0.25, -0.2) is 0 Å². The second kappa shape index (κ2) is 2.65. The number of carbonyl (C=O) groups is 1. The SMILES string of the molecule is [B]C1(C(=O)OC)CCCC1. The minimum absolute atomic E-state index is 0.259.